The number of nitrogens with one attached hydrogen (secondary N) is 4. The average molecular weight is 398 g/mol. The van der Waals surface area contributed by atoms with Gasteiger partial charge in [0, 0.05) is 24.7 Å². The fourth-order valence-electron chi connectivity index (χ4n) is 2.47. The van der Waals surface area contributed by atoms with Crippen LogP contribution in [-0.2, 0) is 16.0 Å². The number of carbonyl (C=O) groups is 3. The summed E-state index contributed by atoms with van der Waals surface area (Å²) < 4.78 is 0. The first-order valence-corrected chi connectivity index (χ1v) is 8.63. The molecular weight excluding hydrogens is 376 g/mol. The highest BCUT2D eigenvalue weighted by molar-refractivity contribution is 6.00. The highest BCUT2D eigenvalue weighted by Gasteiger charge is 2.18. The third-order valence-electron chi connectivity index (χ3n) is 3.72. The van der Waals surface area contributed by atoms with E-state index in [1.54, 1.807) is 48.5 Å². The molecule has 0 heterocycles. The van der Waals surface area contributed by atoms with E-state index in [-0.39, 0.29) is 6.42 Å². The molecule has 0 saturated heterocycles. The number of urea groups is 1. The van der Waals surface area contributed by atoms with Crippen molar-refractivity contribution >= 4 is 41.3 Å². The lowest BCUT2D eigenvalue weighted by Crippen LogP contribution is -2.41. The maximum Gasteiger partial charge on any atom is 0.326 e. The SMILES string of the molecule is CC(=O)NC(Cc1ccc(NC(=O)Nc2cccc(N=CNN)c2)cc1)C(=O)O. The van der Waals surface area contributed by atoms with Crippen LogP contribution in [0.2, 0.25) is 0 Å². The Kier molecular flexibility index (Phi) is 7.68. The van der Waals surface area contributed by atoms with Crippen LogP contribution in [0.25, 0.3) is 0 Å². The van der Waals surface area contributed by atoms with Gasteiger partial charge in [0.05, 0.1) is 5.69 Å². The number of anilines is 2. The molecule has 2 aromatic rings. The molecule has 7 N–H and O–H groups in total. The summed E-state index contributed by atoms with van der Waals surface area (Å²) in [4.78, 5) is 38.5. The van der Waals surface area contributed by atoms with E-state index in [4.69, 9.17) is 10.9 Å². The normalized spacial score (nSPS) is 11.5. The largest absolute Gasteiger partial charge is 0.480 e. The van der Waals surface area contributed by atoms with Crippen molar-refractivity contribution in [2.75, 3.05) is 10.6 Å². The highest BCUT2D eigenvalue weighted by Crippen LogP contribution is 2.18. The Bertz CT molecular complexity index is 898. The quantitative estimate of drug-likeness (QED) is 0.171. The summed E-state index contributed by atoms with van der Waals surface area (Å²) >= 11 is 0. The molecule has 0 spiro atoms. The molecule has 2 rings (SSSR count). The standard InChI is InChI=1S/C19H22N6O4/c1-12(26)23-17(18(27)28)9-13-5-7-14(8-6-13)24-19(29)25-16-4-2-3-15(10-16)21-11-22-20/h2-8,10-11,17H,9,20H2,1H3,(H,21,22)(H,23,26)(H,27,28)(H2,24,25,29). The second-order valence-electron chi connectivity index (χ2n) is 6.05. The fraction of sp³-hybridized carbons (Fsp3) is 0.158. The van der Waals surface area contributed by atoms with Crippen LogP contribution >= 0.6 is 0 Å². The number of carboxylic acids is 1. The molecule has 0 aliphatic carbocycles. The minimum Gasteiger partial charge on any atom is -0.480 e. The predicted octanol–water partition coefficient (Wildman–Crippen LogP) is 1.59. The van der Waals surface area contributed by atoms with Gasteiger partial charge in [-0.3, -0.25) is 4.79 Å². The van der Waals surface area contributed by atoms with Crippen LogP contribution in [0.5, 0.6) is 0 Å². The number of aliphatic carboxylic acids is 1. The first-order chi connectivity index (χ1) is 13.9. The predicted molar refractivity (Wildman–Crippen MR) is 110 cm³/mol. The van der Waals surface area contributed by atoms with Crippen LogP contribution in [-0.4, -0.2) is 35.4 Å². The smallest absolute Gasteiger partial charge is 0.326 e. The lowest BCUT2D eigenvalue weighted by molar-refractivity contribution is -0.141. The number of rotatable bonds is 8. The molecule has 10 nitrogen and oxygen atoms in total. The first-order valence-electron chi connectivity index (χ1n) is 8.63. The van der Waals surface area contributed by atoms with Crippen LogP contribution in [0, 0.1) is 0 Å². The van der Waals surface area contributed by atoms with Crippen molar-refractivity contribution in [1.82, 2.24) is 10.7 Å². The van der Waals surface area contributed by atoms with E-state index < -0.39 is 23.9 Å². The molecule has 0 radical (unpaired) electrons. The highest BCUT2D eigenvalue weighted by atomic mass is 16.4. The summed E-state index contributed by atoms with van der Waals surface area (Å²) in [5.41, 5.74) is 4.68. The molecule has 29 heavy (non-hydrogen) atoms. The number of nitrogens with zero attached hydrogens (tertiary/aromatic N) is 1. The minimum absolute atomic E-state index is 0.131. The monoisotopic (exact) mass is 398 g/mol. The Balaban J connectivity index is 1.95. The van der Waals surface area contributed by atoms with Crippen LogP contribution in [0.3, 0.4) is 0 Å². The Morgan fingerprint density at radius 1 is 1.10 bits per heavy atom. The summed E-state index contributed by atoms with van der Waals surface area (Å²) in [7, 11) is 0. The van der Waals surface area contributed by atoms with Crippen LogP contribution in [0.4, 0.5) is 21.9 Å². The van der Waals surface area contributed by atoms with Gasteiger partial charge in [-0.05, 0) is 35.9 Å². The Morgan fingerprint density at radius 2 is 1.79 bits per heavy atom. The number of hydrogen-bond donors (Lipinski definition) is 6. The molecule has 0 fully saturated rings. The van der Waals surface area contributed by atoms with Gasteiger partial charge in [-0.2, -0.15) is 0 Å². The van der Waals surface area contributed by atoms with Crippen molar-refractivity contribution in [3.63, 3.8) is 0 Å². The number of amides is 3. The number of hydrazine groups is 1. The van der Waals surface area contributed by atoms with Crippen molar-refractivity contribution in [2.45, 2.75) is 19.4 Å². The molecule has 0 saturated carbocycles. The molecule has 10 heteroatoms. The molecule has 1 unspecified atom stereocenters. The minimum atomic E-state index is -1.12. The van der Waals surface area contributed by atoms with E-state index in [0.717, 1.165) is 0 Å². The number of carbonyl (C=O) groups excluding carboxylic acids is 2. The molecule has 0 aromatic heterocycles. The van der Waals surface area contributed by atoms with Gasteiger partial charge < -0.3 is 26.5 Å². The van der Waals surface area contributed by atoms with Gasteiger partial charge in [0.2, 0.25) is 5.91 Å². The Morgan fingerprint density at radius 3 is 2.41 bits per heavy atom. The Hall–Kier alpha value is -3.92. The molecule has 0 aliphatic rings. The van der Waals surface area contributed by atoms with Crippen LogP contribution in [0.1, 0.15) is 12.5 Å². The van der Waals surface area contributed by atoms with Crippen molar-refractivity contribution < 1.29 is 19.5 Å². The number of nitrogens with two attached hydrogens (primary N) is 1. The average Bonchev–Trinajstić information content (AvgIpc) is 2.67. The van der Waals surface area contributed by atoms with Gasteiger partial charge in [0.25, 0.3) is 0 Å². The number of hydrogen-bond acceptors (Lipinski definition) is 5. The van der Waals surface area contributed by atoms with Crippen molar-refractivity contribution in [3.8, 4) is 0 Å². The molecule has 2 aromatic carbocycles. The summed E-state index contributed by atoms with van der Waals surface area (Å²) in [6, 6.07) is 12.1. The molecule has 152 valence electrons. The molecular formula is C19H22N6O4. The van der Waals surface area contributed by atoms with Crippen molar-refractivity contribution in [2.24, 2.45) is 10.8 Å². The zero-order valence-electron chi connectivity index (χ0n) is 15.7. The molecule has 1 atom stereocenters. The molecule has 3 amide bonds. The fourth-order valence-corrected chi connectivity index (χ4v) is 2.47. The third kappa shape index (κ3) is 7.31. The number of carboxylic acid groups (broad SMARTS) is 1. The lowest BCUT2D eigenvalue weighted by atomic mass is 10.1. The van der Waals surface area contributed by atoms with Gasteiger partial charge in [0.1, 0.15) is 12.4 Å². The van der Waals surface area contributed by atoms with Gasteiger partial charge in [-0.25, -0.2) is 20.4 Å². The summed E-state index contributed by atoms with van der Waals surface area (Å²) in [5, 5.41) is 16.9. The summed E-state index contributed by atoms with van der Waals surface area (Å²) in [6.07, 6.45) is 1.45. The van der Waals surface area contributed by atoms with Gasteiger partial charge in [-0.1, -0.05) is 18.2 Å². The van der Waals surface area contributed by atoms with E-state index in [9.17, 15) is 14.4 Å². The first kappa shape index (κ1) is 21.4. The van der Waals surface area contributed by atoms with E-state index in [1.165, 1.54) is 13.3 Å². The van der Waals surface area contributed by atoms with Crippen molar-refractivity contribution in [1.29, 1.82) is 0 Å². The number of benzene rings is 2. The third-order valence-corrected chi connectivity index (χ3v) is 3.72. The van der Waals surface area contributed by atoms with Crippen LogP contribution < -0.4 is 27.2 Å². The van der Waals surface area contributed by atoms with Gasteiger partial charge in [0.15, 0.2) is 0 Å². The summed E-state index contributed by atoms with van der Waals surface area (Å²) in [6.45, 7) is 1.26. The number of aliphatic imine (C=N–C) groups is 1. The Labute approximate surface area is 167 Å². The maximum atomic E-state index is 12.2. The van der Waals surface area contributed by atoms with E-state index in [1.807, 2.05) is 0 Å². The van der Waals surface area contributed by atoms with E-state index >= 15 is 0 Å². The van der Waals surface area contributed by atoms with E-state index in [0.29, 0.717) is 22.6 Å². The summed E-state index contributed by atoms with van der Waals surface area (Å²) in [5.74, 6) is 3.60. The van der Waals surface area contributed by atoms with Crippen LogP contribution in [0.15, 0.2) is 53.5 Å². The van der Waals surface area contributed by atoms with Gasteiger partial charge in [-0.15, -0.1) is 0 Å². The molecule has 0 bridgehead atoms. The molecule has 0 aliphatic heterocycles. The second kappa shape index (κ2) is 10.4. The second-order valence-corrected chi connectivity index (χ2v) is 6.05. The van der Waals surface area contributed by atoms with Gasteiger partial charge >= 0.3 is 12.0 Å². The maximum absolute atomic E-state index is 12.2. The van der Waals surface area contributed by atoms with E-state index in [2.05, 4.69) is 26.4 Å². The zero-order chi connectivity index (χ0) is 21.2. The topological polar surface area (TPSA) is 158 Å². The lowest BCUT2D eigenvalue weighted by Gasteiger charge is -2.14. The zero-order valence-corrected chi connectivity index (χ0v) is 15.7. The van der Waals surface area contributed by atoms with Crippen molar-refractivity contribution in [3.05, 3.63) is 54.1 Å².